The Kier molecular flexibility index (Phi) is 4.21. The second kappa shape index (κ2) is 6.48. The van der Waals surface area contributed by atoms with Crippen LogP contribution in [0.3, 0.4) is 0 Å². The summed E-state index contributed by atoms with van der Waals surface area (Å²) >= 11 is 0. The van der Waals surface area contributed by atoms with E-state index < -0.39 is 16.6 Å². The summed E-state index contributed by atoms with van der Waals surface area (Å²) in [5, 5.41) is 17.2. The molecule has 8 nitrogen and oxygen atoms in total. The van der Waals surface area contributed by atoms with Gasteiger partial charge in [-0.05, 0) is 25.1 Å². The van der Waals surface area contributed by atoms with Crippen molar-refractivity contribution in [2.45, 2.75) is 6.92 Å². The Morgan fingerprint density at radius 3 is 2.80 bits per heavy atom. The highest BCUT2D eigenvalue weighted by molar-refractivity contribution is 6.05. The Labute approximate surface area is 141 Å². The molecule has 0 fully saturated rings. The van der Waals surface area contributed by atoms with Crippen LogP contribution in [0, 0.1) is 22.9 Å². The van der Waals surface area contributed by atoms with Gasteiger partial charge < -0.3 is 5.32 Å². The maximum Gasteiger partial charge on any atom is 0.271 e. The van der Waals surface area contributed by atoms with Crippen LogP contribution in [0.25, 0.3) is 5.82 Å². The zero-order chi connectivity index (χ0) is 18.0. The van der Waals surface area contributed by atoms with Gasteiger partial charge in [0.1, 0.15) is 5.82 Å². The van der Waals surface area contributed by atoms with Gasteiger partial charge in [0, 0.05) is 18.3 Å². The van der Waals surface area contributed by atoms with Crippen LogP contribution in [-0.4, -0.2) is 25.6 Å². The highest BCUT2D eigenvalue weighted by Gasteiger charge is 2.18. The quantitative estimate of drug-likeness (QED) is 0.580. The van der Waals surface area contributed by atoms with Crippen molar-refractivity contribution in [1.82, 2.24) is 14.8 Å². The molecule has 0 saturated heterocycles. The van der Waals surface area contributed by atoms with Crippen molar-refractivity contribution in [3.8, 4) is 5.82 Å². The second-order valence-electron chi connectivity index (χ2n) is 5.12. The Balaban J connectivity index is 1.89. The summed E-state index contributed by atoms with van der Waals surface area (Å²) in [5.41, 5.74) is 0.111. The number of pyridine rings is 1. The van der Waals surface area contributed by atoms with Gasteiger partial charge in [-0.3, -0.25) is 14.9 Å². The maximum atomic E-state index is 13.8. The molecule has 0 saturated carbocycles. The monoisotopic (exact) mass is 341 g/mol. The van der Waals surface area contributed by atoms with Crippen LogP contribution in [0.2, 0.25) is 0 Å². The van der Waals surface area contributed by atoms with Gasteiger partial charge in [0.05, 0.1) is 28.1 Å². The fourth-order valence-corrected chi connectivity index (χ4v) is 2.25. The topological polar surface area (TPSA) is 103 Å². The Morgan fingerprint density at radius 1 is 1.32 bits per heavy atom. The number of nitro groups is 1. The Bertz CT molecular complexity index is 956. The molecule has 0 spiro atoms. The molecule has 3 rings (SSSR count). The number of rotatable bonds is 4. The van der Waals surface area contributed by atoms with Gasteiger partial charge in [-0.2, -0.15) is 5.10 Å². The largest absolute Gasteiger partial charge is 0.319 e. The summed E-state index contributed by atoms with van der Waals surface area (Å²) in [6, 6.07) is 8.17. The van der Waals surface area contributed by atoms with Crippen LogP contribution < -0.4 is 5.32 Å². The summed E-state index contributed by atoms with van der Waals surface area (Å²) in [6.45, 7) is 1.67. The molecular weight excluding hydrogens is 329 g/mol. The van der Waals surface area contributed by atoms with E-state index in [2.05, 4.69) is 15.4 Å². The number of nitrogens with zero attached hydrogens (tertiary/aromatic N) is 4. The third-order valence-corrected chi connectivity index (χ3v) is 3.53. The number of non-ortho nitro benzene ring substituents is 1. The zero-order valence-corrected chi connectivity index (χ0v) is 13.0. The molecule has 126 valence electrons. The van der Waals surface area contributed by atoms with Gasteiger partial charge in [-0.25, -0.2) is 14.1 Å². The van der Waals surface area contributed by atoms with E-state index >= 15 is 0 Å². The number of halogens is 1. The molecule has 0 aliphatic rings. The molecule has 3 aromatic rings. The van der Waals surface area contributed by atoms with Crippen LogP contribution in [-0.2, 0) is 0 Å². The number of nitro benzene ring substituents is 1. The van der Waals surface area contributed by atoms with Crippen LogP contribution in [0.4, 0.5) is 15.8 Å². The summed E-state index contributed by atoms with van der Waals surface area (Å²) in [5.74, 6) is -0.867. The molecule has 0 aliphatic carbocycles. The Morgan fingerprint density at radius 2 is 2.12 bits per heavy atom. The van der Waals surface area contributed by atoms with Crippen molar-refractivity contribution in [2.24, 2.45) is 0 Å². The zero-order valence-electron chi connectivity index (χ0n) is 13.0. The van der Waals surface area contributed by atoms with Crippen LogP contribution in [0.15, 0.2) is 48.8 Å². The molecule has 1 N–H and O–H groups in total. The van der Waals surface area contributed by atoms with Crippen LogP contribution in [0.1, 0.15) is 16.1 Å². The average Bonchev–Trinajstić information content (AvgIpc) is 2.99. The fourth-order valence-electron chi connectivity index (χ4n) is 2.25. The van der Waals surface area contributed by atoms with Crippen LogP contribution in [0.5, 0.6) is 0 Å². The second-order valence-corrected chi connectivity index (χ2v) is 5.12. The molecule has 1 amide bonds. The number of benzene rings is 1. The molecule has 0 atom stereocenters. The minimum Gasteiger partial charge on any atom is -0.319 e. The molecule has 1 aromatic carbocycles. The first-order chi connectivity index (χ1) is 12.0. The first-order valence-corrected chi connectivity index (χ1v) is 7.18. The average molecular weight is 341 g/mol. The van der Waals surface area contributed by atoms with Gasteiger partial charge >= 0.3 is 0 Å². The van der Waals surface area contributed by atoms with Crippen molar-refractivity contribution in [2.75, 3.05) is 5.32 Å². The van der Waals surface area contributed by atoms with Gasteiger partial charge in [0.2, 0.25) is 0 Å². The standard InChI is InChI=1S/C16H12FN5O3/c1-10-12(9-19-21(10)15-4-2-3-7-18-15)16(23)20-14-8-11(22(24)25)5-6-13(14)17/h2-9H,1H3,(H,20,23). The van der Waals surface area contributed by atoms with Crippen molar-refractivity contribution < 1.29 is 14.1 Å². The lowest BCUT2D eigenvalue weighted by Crippen LogP contribution is -2.14. The molecule has 2 heterocycles. The lowest BCUT2D eigenvalue weighted by atomic mass is 10.2. The van der Waals surface area contributed by atoms with E-state index in [1.807, 2.05) is 0 Å². The third-order valence-electron chi connectivity index (χ3n) is 3.53. The smallest absolute Gasteiger partial charge is 0.271 e. The lowest BCUT2D eigenvalue weighted by molar-refractivity contribution is -0.384. The number of anilines is 1. The molecule has 0 unspecified atom stereocenters. The minimum atomic E-state index is -0.770. The first-order valence-electron chi connectivity index (χ1n) is 7.18. The number of hydrogen-bond donors (Lipinski definition) is 1. The van der Waals surface area contributed by atoms with E-state index in [4.69, 9.17) is 0 Å². The first kappa shape index (κ1) is 16.2. The number of hydrogen-bond acceptors (Lipinski definition) is 5. The van der Waals surface area contributed by atoms with Crippen molar-refractivity contribution in [1.29, 1.82) is 0 Å². The third kappa shape index (κ3) is 3.20. The molecule has 25 heavy (non-hydrogen) atoms. The van der Waals surface area contributed by atoms with E-state index in [0.29, 0.717) is 11.5 Å². The minimum absolute atomic E-state index is 0.205. The highest BCUT2D eigenvalue weighted by atomic mass is 19.1. The SMILES string of the molecule is Cc1c(C(=O)Nc2cc([N+](=O)[O-])ccc2F)cnn1-c1ccccn1. The molecule has 0 radical (unpaired) electrons. The van der Waals surface area contributed by atoms with Crippen molar-refractivity contribution in [3.05, 3.63) is 76.0 Å². The normalized spacial score (nSPS) is 10.5. The van der Waals surface area contributed by atoms with E-state index in [-0.39, 0.29) is 16.9 Å². The summed E-state index contributed by atoms with van der Waals surface area (Å²) in [4.78, 5) is 26.7. The molecule has 9 heteroatoms. The summed E-state index contributed by atoms with van der Waals surface area (Å²) < 4.78 is 15.3. The molecule has 0 bridgehead atoms. The Hall–Kier alpha value is -3.62. The van der Waals surface area contributed by atoms with Gasteiger partial charge in [0.25, 0.3) is 11.6 Å². The van der Waals surface area contributed by atoms with Crippen molar-refractivity contribution in [3.63, 3.8) is 0 Å². The fraction of sp³-hybridized carbons (Fsp3) is 0.0625. The predicted octanol–water partition coefficient (Wildman–Crippen LogP) is 2.88. The lowest BCUT2D eigenvalue weighted by Gasteiger charge is -2.07. The van der Waals surface area contributed by atoms with Gasteiger partial charge in [0.15, 0.2) is 5.82 Å². The molecular formula is C16H12FN5O3. The number of carbonyl (C=O) groups excluding carboxylic acids is 1. The summed E-state index contributed by atoms with van der Waals surface area (Å²) in [7, 11) is 0. The van der Waals surface area contributed by atoms with Crippen molar-refractivity contribution >= 4 is 17.3 Å². The van der Waals surface area contributed by atoms with Gasteiger partial charge in [-0.1, -0.05) is 6.07 Å². The van der Waals surface area contributed by atoms with Gasteiger partial charge in [-0.15, -0.1) is 0 Å². The summed E-state index contributed by atoms with van der Waals surface area (Å²) in [6.07, 6.45) is 2.92. The highest BCUT2D eigenvalue weighted by Crippen LogP contribution is 2.22. The van der Waals surface area contributed by atoms with E-state index in [9.17, 15) is 19.3 Å². The number of amides is 1. The number of carbonyl (C=O) groups is 1. The van der Waals surface area contributed by atoms with Crippen LogP contribution >= 0.6 is 0 Å². The van der Waals surface area contributed by atoms with E-state index in [1.54, 1.807) is 31.3 Å². The van der Waals surface area contributed by atoms with E-state index in [1.165, 1.54) is 10.9 Å². The number of nitrogens with one attached hydrogen (secondary N) is 1. The molecule has 0 aliphatic heterocycles. The van der Waals surface area contributed by atoms with E-state index in [0.717, 1.165) is 18.2 Å². The molecule has 2 aromatic heterocycles. The number of aromatic nitrogens is 3. The predicted molar refractivity (Wildman–Crippen MR) is 87.1 cm³/mol. The maximum absolute atomic E-state index is 13.8.